The molecule has 0 saturated heterocycles. The van der Waals surface area contributed by atoms with Crippen molar-refractivity contribution in [1.29, 1.82) is 0 Å². The number of para-hydroxylation sites is 2. The van der Waals surface area contributed by atoms with Crippen molar-refractivity contribution in [2.45, 2.75) is 24.7 Å². The van der Waals surface area contributed by atoms with Crippen LogP contribution >= 0.6 is 0 Å². The van der Waals surface area contributed by atoms with Crippen molar-refractivity contribution in [2.75, 3.05) is 4.90 Å². The molecule has 0 bridgehead atoms. The molecule has 0 saturated carbocycles. The van der Waals surface area contributed by atoms with Crippen LogP contribution in [0.2, 0.25) is 0 Å². The van der Waals surface area contributed by atoms with Crippen molar-refractivity contribution in [2.24, 2.45) is 0 Å². The number of hydrogen-bond donors (Lipinski definition) is 0. The van der Waals surface area contributed by atoms with Gasteiger partial charge in [-0.25, -0.2) is 0 Å². The van der Waals surface area contributed by atoms with Crippen molar-refractivity contribution in [1.82, 2.24) is 0 Å². The van der Waals surface area contributed by atoms with Gasteiger partial charge in [0, 0.05) is 38.6 Å². The second-order valence-corrected chi connectivity index (χ2v) is 18.7. The number of fused-ring (bicyclic) bond motifs is 16. The fourth-order valence-electron chi connectivity index (χ4n) is 12.4. The van der Waals surface area contributed by atoms with Crippen molar-refractivity contribution in [3.8, 4) is 55.6 Å². The Labute approximate surface area is 384 Å². The van der Waals surface area contributed by atoms with Gasteiger partial charge in [-0.2, -0.15) is 0 Å². The predicted molar refractivity (Wildman–Crippen MR) is 273 cm³/mol. The van der Waals surface area contributed by atoms with E-state index in [4.69, 9.17) is 4.42 Å². The van der Waals surface area contributed by atoms with Crippen molar-refractivity contribution in [3.05, 3.63) is 258 Å². The van der Waals surface area contributed by atoms with Gasteiger partial charge in [0.2, 0.25) is 0 Å². The first-order valence-corrected chi connectivity index (χ1v) is 23.1. The fraction of sp³-hybridized carbons (Fsp3) is 0.0625. The highest BCUT2D eigenvalue weighted by atomic mass is 16.3. The van der Waals surface area contributed by atoms with Crippen LogP contribution in [0, 0.1) is 0 Å². The van der Waals surface area contributed by atoms with Gasteiger partial charge < -0.3 is 9.32 Å². The van der Waals surface area contributed by atoms with Crippen molar-refractivity contribution >= 4 is 39.0 Å². The first kappa shape index (κ1) is 37.2. The Morgan fingerprint density at radius 2 is 0.864 bits per heavy atom. The van der Waals surface area contributed by atoms with Crippen LogP contribution in [0.1, 0.15) is 47.2 Å². The molecular weight excluding hydrogens is 799 g/mol. The quantitative estimate of drug-likeness (QED) is 0.172. The third-order valence-corrected chi connectivity index (χ3v) is 15.1. The SMILES string of the molecule is CC1(C)c2ccccc2-c2c(N(c3ccc(-c4ccccc4)cc3)c3cccc4c3C3(c5ccccc5-c5ccccc53)c3ccccc3-4)ccc(-c3cccc4c3oc3ccccc34)c21. The molecule has 310 valence electrons. The molecule has 0 N–H and O–H groups in total. The molecule has 11 aromatic rings. The molecule has 66 heavy (non-hydrogen) atoms. The molecule has 14 rings (SSSR count). The molecule has 0 unspecified atom stereocenters. The molecule has 3 aliphatic rings. The number of rotatable bonds is 5. The minimum absolute atomic E-state index is 0.326. The number of anilines is 3. The van der Waals surface area contributed by atoms with E-state index in [-0.39, 0.29) is 5.41 Å². The molecule has 0 radical (unpaired) electrons. The monoisotopic (exact) mass is 841 g/mol. The van der Waals surface area contributed by atoms with Crippen LogP contribution < -0.4 is 4.90 Å². The van der Waals surface area contributed by atoms with Crippen LogP contribution in [0.4, 0.5) is 17.1 Å². The minimum Gasteiger partial charge on any atom is -0.455 e. The zero-order valence-electron chi connectivity index (χ0n) is 36.7. The third-order valence-electron chi connectivity index (χ3n) is 15.1. The molecule has 1 spiro atoms. The maximum absolute atomic E-state index is 6.79. The highest BCUT2D eigenvalue weighted by Crippen LogP contribution is 2.66. The van der Waals surface area contributed by atoms with Crippen LogP contribution in [0.25, 0.3) is 77.6 Å². The lowest BCUT2D eigenvalue weighted by Gasteiger charge is -2.37. The average Bonchev–Trinajstić information content (AvgIpc) is 4.07. The highest BCUT2D eigenvalue weighted by Gasteiger charge is 2.53. The maximum atomic E-state index is 6.79. The molecule has 1 aromatic heterocycles. The number of benzene rings is 10. The molecule has 1 heterocycles. The van der Waals surface area contributed by atoms with Crippen LogP contribution in [-0.2, 0) is 10.8 Å². The zero-order chi connectivity index (χ0) is 43.7. The molecule has 10 aromatic carbocycles. The minimum atomic E-state index is -0.546. The fourth-order valence-corrected chi connectivity index (χ4v) is 12.4. The molecule has 2 nitrogen and oxygen atoms in total. The molecular formula is C64H43NO. The molecule has 0 atom stereocenters. The largest absolute Gasteiger partial charge is 0.455 e. The van der Waals surface area contributed by atoms with Crippen molar-refractivity contribution < 1.29 is 4.42 Å². The summed E-state index contributed by atoms with van der Waals surface area (Å²) in [6.45, 7) is 4.81. The summed E-state index contributed by atoms with van der Waals surface area (Å²) < 4.78 is 6.79. The maximum Gasteiger partial charge on any atom is 0.143 e. The summed E-state index contributed by atoms with van der Waals surface area (Å²) in [4.78, 5) is 2.59. The summed E-state index contributed by atoms with van der Waals surface area (Å²) in [5.74, 6) is 0. The normalized spacial score (nSPS) is 14.2. The highest BCUT2D eigenvalue weighted by molar-refractivity contribution is 6.11. The van der Waals surface area contributed by atoms with Gasteiger partial charge in [0.05, 0.1) is 16.8 Å². The van der Waals surface area contributed by atoms with Crippen LogP contribution in [0.3, 0.4) is 0 Å². The Morgan fingerprint density at radius 3 is 1.58 bits per heavy atom. The number of furan rings is 1. The van der Waals surface area contributed by atoms with Gasteiger partial charge in [0.25, 0.3) is 0 Å². The molecule has 3 aliphatic carbocycles. The van der Waals surface area contributed by atoms with E-state index in [1.807, 2.05) is 0 Å². The first-order valence-electron chi connectivity index (χ1n) is 23.1. The first-order chi connectivity index (χ1) is 32.5. The van der Waals surface area contributed by atoms with Crippen LogP contribution in [0.5, 0.6) is 0 Å². The van der Waals surface area contributed by atoms with E-state index < -0.39 is 5.41 Å². The lowest BCUT2D eigenvalue weighted by atomic mass is 9.70. The van der Waals surface area contributed by atoms with Gasteiger partial charge in [-0.3, -0.25) is 0 Å². The second-order valence-electron chi connectivity index (χ2n) is 18.7. The van der Waals surface area contributed by atoms with Gasteiger partial charge in [0.15, 0.2) is 0 Å². The molecule has 0 fully saturated rings. The van der Waals surface area contributed by atoms with Crippen LogP contribution in [-0.4, -0.2) is 0 Å². The zero-order valence-corrected chi connectivity index (χ0v) is 36.7. The standard InChI is InChI=1S/C64H43NO/c1-63(2)52-28-11-9-24-51(52)59-56(39-38-48(61(59)63)50-27-16-26-49-46-23-10-15-33-58(46)66-62(49)50)65(42-36-34-41(35-37-42)40-18-4-3-5-19-40)57-32-17-25-47-45-22-8-14-31-55(45)64(60(47)57)53-29-12-6-20-43(53)44-21-7-13-30-54(44)64/h3-39H,1-2H3. The Balaban J connectivity index is 1.10. The summed E-state index contributed by atoms with van der Waals surface area (Å²) in [6.07, 6.45) is 0. The van der Waals surface area contributed by atoms with E-state index in [0.29, 0.717) is 0 Å². The van der Waals surface area contributed by atoms with E-state index in [0.717, 1.165) is 38.9 Å². The smallest absolute Gasteiger partial charge is 0.143 e. The Morgan fingerprint density at radius 1 is 0.348 bits per heavy atom. The van der Waals surface area contributed by atoms with E-state index in [9.17, 15) is 0 Å². The predicted octanol–water partition coefficient (Wildman–Crippen LogP) is 17.0. The second kappa shape index (κ2) is 13.7. The third kappa shape index (κ3) is 4.85. The van der Waals surface area contributed by atoms with Gasteiger partial charge in [-0.05, 0) is 103 Å². The van der Waals surface area contributed by atoms with Gasteiger partial charge in [-0.15, -0.1) is 0 Å². The van der Waals surface area contributed by atoms with E-state index >= 15 is 0 Å². The molecule has 0 aliphatic heterocycles. The van der Waals surface area contributed by atoms with Gasteiger partial charge >= 0.3 is 0 Å². The van der Waals surface area contributed by atoms with Crippen LogP contribution in [0.15, 0.2) is 229 Å². The van der Waals surface area contributed by atoms with Gasteiger partial charge in [-0.1, -0.05) is 208 Å². The summed E-state index contributed by atoms with van der Waals surface area (Å²) in [7, 11) is 0. The van der Waals surface area contributed by atoms with E-state index in [1.54, 1.807) is 0 Å². The summed E-state index contributed by atoms with van der Waals surface area (Å²) in [6, 6.07) is 83.2. The van der Waals surface area contributed by atoms with E-state index in [2.05, 4.69) is 243 Å². The lowest BCUT2D eigenvalue weighted by molar-refractivity contribution is 0.659. The topological polar surface area (TPSA) is 16.4 Å². The summed E-state index contributed by atoms with van der Waals surface area (Å²) in [5, 5.41) is 2.27. The number of hydrogen-bond acceptors (Lipinski definition) is 2. The molecule has 2 heteroatoms. The number of nitrogens with zero attached hydrogens (tertiary/aromatic N) is 1. The molecule has 0 amide bonds. The lowest BCUT2D eigenvalue weighted by Crippen LogP contribution is -2.28. The Hall–Kier alpha value is -8.20. The average molecular weight is 842 g/mol. The Kier molecular flexibility index (Phi) is 7.70. The van der Waals surface area contributed by atoms with E-state index in [1.165, 1.54) is 89.1 Å². The summed E-state index contributed by atoms with van der Waals surface area (Å²) >= 11 is 0. The Bertz CT molecular complexity index is 3730. The van der Waals surface area contributed by atoms with Gasteiger partial charge in [0.1, 0.15) is 11.2 Å². The summed E-state index contributed by atoms with van der Waals surface area (Å²) in [5.41, 5.74) is 24.7. The van der Waals surface area contributed by atoms with Crippen molar-refractivity contribution in [3.63, 3.8) is 0 Å².